The summed E-state index contributed by atoms with van der Waals surface area (Å²) in [5, 5.41) is 4.97. The van der Waals surface area contributed by atoms with Crippen LogP contribution in [0.15, 0.2) is 18.2 Å². The van der Waals surface area contributed by atoms with Crippen molar-refractivity contribution in [1.29, 1.82) is 0 Å². The van der Waals surface area contributed by atoms with Gasteiger partial charge in [0.2, 0.25) is 0 Å². The Bertz CT molecular complexity index is 601. The van der Waals surface area contributed by atoms with Gasteiger partial charge in [-0.15, -0.1) is 0 Å². The number of hydrogen-bond donors (Lipinski definition) is 2. The second-order valence-corrected chi connectivity index (χ2v) is 6.77. The van der Waals surface area contributed by atoms with Crippen LogP contribution in [0.25, 0.3) is 0 Å². The van der Waals surface area contributed by atoms with Crippen LogP contribution in [0.2, 0.25) is 5.02 Å². The zero-order chi connectivity index (χ0) is 17.7. The van der Waals surface area contributed by atoms with Gasteiger partial charge in [-0.05, 0) is 63.9 Å². The van der Waals surface area contributed by atoms with E-state index >= 15 is 0 Å². The lowest BCUT2D eigenvalue weighted by molar-refractivity contribution is -0.136. The van der Waals surface area contributed by atoms with Crippen molar-refractivity contribution < 1.29 is 14.0 Å². The number of piperidine rings is 1. The predicted molar refractivity (Wildman–Crippen MR) is 92.5 cm³/mol. The summed E-state index contributed by atoms with van der Waals surface area (Å²) in [6.07, 6.45) is 2.02. The predicted octanol–water partition coefficient (Wildman–Crippen LogP) is 2.65. The van der Waals surface area contributed by atoms with Crippen molar-refractivity contribution in [3.63, 3.8) is 0 Å². The molecule has 1 fully saturated rings. The highest BCUT2D eigenvalue weighted by Gasteiger charge is 2.22. The zero-order valence-corrected chi connectivity index (χ0v) is 14.7. The lowest BCUT2D eigenvalue weighted by Crippen LogP contribution is -2.43. The zero-order valence-electron chi connectivity index (χ0n) is 13.9. The summed E-state index contributed by atoms with van der Waals surface area (Å²) in [6, 6.07) is 4.30. The lowest BCUT2D eigenvalue weighted by Gasteiger charge is -2.34. The number of carbonyl (C=O) groups is 2. The fourth-order valence-corrected chi connectivity index (χ4v) is 2.93. The van der Waals surface area contributed by atoms with Crippen LogP contribution in [-0.4, -0.2) is 42.4 Å². The quantitative estimate of drug-likeness (QED) is 0.816. The third-order valence-electron chi connectivity index (χ3n) is 4.31. The fourth-order valence-electron chi connectivity index (χ4n) is 2.75. The molecule has 0 atom stereocenters. The van der Waals surface area contributed by atoms with E-state index in [1.807, 2.05) is 0 Å². The summed E-state index contributed by atoms with van der Waals surface area (Å²) in [5.41, 5.74) is 0.284. The van der Waals surface area contributed by atoms with Crippen LogP contribution in [-0.2, 0) is 9.59 Å². The van der Waals surface area contributed by atoms with Gasteiger partial charge in [-0.1, -0.05) is 11.6 Å². The molecule has 2 amide bonds. The molecule has 0 bridgehead atoms. The summed E-state index contributed by atoms with van der Waals surface area (Å²) in [5.74, 6) is -1.66. The molecule has 7 heteroatoms. The van der Waals surface area contributed by atoms with E-state index in [9.17, 15) is 14.0 Å². The highest BCUT2D eigenvalue weighted by Crippen LogP contribution is 2.20. The van der Waals surface area contributed by atoms with E-state index in [-0.39, 0.29) is 10.7 Å². The maximum atomic E-state index is 13.1. The first-order chi connectivity index (χ1) is 11.4. The van der Waals surface area contributed by atoms with Gasteiger partial charge in [0.05, 0.1) is 5.02 Å². The number of hydrogen-bond acceptors (Lipinski definition) is 3. The Morgan fingerprint density at radius 3 is 2.54 bits per heavy atom. The average Bonchev–Trinajstić information content (AvgIpc) is 2.56. The number of nitrogens with one attached hydrogen (secondary N) is 2. The Balaban J connectivity index is 1.76. The maximum Gasteiger partial charge on any atom is 0.313 e. The van der Waals surface area contributed by atoms with Gasteiger partial charge < -0.3 is 15.5 Å². The second-order valence-electron chi connectivity index (χ2n) is 6.37. The van der Waals surface area contributed by atoms with Gasteiger partial charge in [-0.25, -0.2) is 4.39 Å². The summed E-state index contributed by atoms with van der Waals surface area (Å²) >= 11 is 5.64. The highest BCUT2D eigenvalue weighted by molar-refractivity contribution is 6.39. The largest absolute Gasteiger partial charge is 0.348 e. The Kier molecular flexibility index (Phi) is 6.57. The molecule has 0 saturated carbocycles. The van der Waals surface area contributed by atoms with Crippen LogP contribution in [0, 0.1) is 11.7 Å². The average molecular weight is 356 g/mol. The summed E-state index contributed by atoms with van der Waals surface area (Å²) < 4.78 is 13.1. The van der Waals surface area contributed by atoms with Crippen LogP contribution in [0.4, 0.5) is 10.1 Å². The molecular formula is C17H23ClFN3O2. The first kappa shape index (κ1) is 18.7. The first-order valence-corrected chi connectivity index (χ1v) is 8.53. The number of amides is 2. The molecule has 0 radical (unpaired) electrons. The minimum absolute atomic E-state index is 0.106. The van der Waals surface area contributed by atoms with E-state index in [2.05, 4.69) is 29.4 Å². The van der Waals surface area contributed by atoms with Crippen molar-refractivity contribution in [2.45, 2.75) is 32.7 Å². The number of anilines is 1. The van der Waals surface area contributed by atoms with E-state index < -0.39 is 17.6 Å². The normalized spacial score (nSPS) is 16.2. The van der Waals surface area contributed by atoms with Crippen molar-refractivity contribution in [2.24, 2.45) is 5.92 Å². The molecule has 1 aromatic rings. The molecule has 0 aromatic heterocycles. The SMILES string of the molecule is CC(C)N1CCC(CNC(=O)C(=O)Nc2ccc(F)c(Cl)c2)CC1. The second kappa shape index (κ2) is 8.44. The van der Waals surface area contributed by atoms with E-state index in [0.717, 1.165) is 32.0 Å². The molecule has 1 heterocycles. The van der Waals surface area contributed by atoms with Crippen LogP contribution in [0.1, 0.15) is 26.7 Å². The van der Waals surface area contributed by atoms with Gasteiger partial charge in [0, 0.05) is 18.3 Å². The standard InChI is InChI=1S/C17H23ClFN3O2/c1-11(2)22-7-5-12(6-8-22)10-20-16(23)17(24)21-13-3-4-15(19)14(18)9-13/h3-4,9,11-12H,5-8,10H2,1-2H3,(H,20,23)(H,21,24). The number of halogens is 2. The molecule has 2 N–H and O–H groups in total. The molecule has 24 heavy (non-hydrogen) atoms. The minimum atomic E-state index is -0.780. The van der Waals surface area contributed by atoms with Gasteiger partial charge in [0.1, 0.15) is 5.82 Å². The van der Waals surface area contributed by atoms with Gasteiger partial charge in [-0.2, -0.15) is 0 Å². The number of likely N-dealkylation sites (tertiary alicyclic amines) is 1. The smallest absolute Gasteiger partial charge is 0.313 e. The van der Waals surface area contributed by atoms with Crippen molar-refractivity contribution in [3.8, 4) is 0 Å². The van der Waals surface area contributed by atoms with Crippen LogP contribution in [0.5, 0.6) is 0 Å². The third kappa shape index (κ3) is 5.18. The molecule has 0 spiro atoms. The van der Waals surface area contributed by atoms with Crippen molar-refractivity contribution in [3.05, 3.63) is 29.0 Å². The fraction of sp³-hybridized carbons (Fsp3) is 0.529. The van der Waals surface area contributed by atoms with E-state index in [0.29, 0.717) is 18.5 Å². The molecule has 1 aliphatic rings. The van der Waals surface area contributed by atoms with Crippen molar-refractivity contribution in [1.82, 2.24) is 10.2 Å². The van der Waals surface area contributed by atoms with Crippen molar-refractivity contribution >= 4 is 29.1 Å². The number of nitrogens with zero attached hydrogens (tertiary/aromatic N) is 1. The summed E-state index contributed by atoms with van der Waals surface area (Å²) in [7, 11) is 0. The van der Waals surface area contributed by atoms with E-state index in [1.165, 1.54) is 12.1 Å². The molecule has 1 aliphatic heterocycles. The Morgan fingerprint density at radius 2 is 1.96 bits per heavy atom. The molecule has 2 rings (SSSR count). The molecule has 132 valence electrons. The third-order valence-corrected chi connectivity index (χ3v) is 4.60. The topological polar surface area (TPSA) is 61.4 Å². The molecular weight excluding hydrogens is 333 g/mol. The molecule has 1 aromatic carbocycles. The molecule has 5 nitrogen and oxygen atoms in total. The minimum Gasteiger partial charge on any atom is -0.348 e. The monoisotopic (exact) mass is 355 g/mol. The van der Waals surface area contributed by atoms with Gasteiger partial charge in [0.15, 0.2) is 0 Å². The Morgan fingerprint density at radius 1 is 1.29 bits per heavy atom. The molecule has 0 unspecified atom stereocenters. The Hall–Kier alpha value is -1.66. The number of rotatable bonds is 4. The first-order valence-electron chi connectivity index (χ1n) is 8.15. The van der Waals surface area contributed by atoms with Crippen LogP contribution >= 0.6 is 11.6 Å². The van der Waals surface area contributed by atoms with Crippen LogP contribution in [0.3, 0.4) is 0 Å². The van der Waals surface area contributed by atoms with Crippen molar-refractivity contribution in [2.75, 3.05) is 25.0 Å². The van der Waals surface area contributed by atoms with E-state index in [4.69, 9.17) is 11.6 Å². The summed E-state index contributed by atoms with van der Waals surface area (Å²) in [6.45, 7) is 6.86. The number of benzene rings is 1. The Labute approximate surface area is 146 Å². The van der Waals surface area contributed by atoms with Crippen LogP contribution < -0.4 is 10.6 Å². The highest BCUT2D eigenvalue weighted by atomic mass is 35.5. The maximum absolute atomic E-state index is 13.1. The van der Waals surface area contributed by atoms with E-state index in [1.54, 1.807) is 0 Å². The van der Waals surface area contributed by atoms with Gasteiger partial charge in [-0.3, -0.25) is 9.59 Å². The molecule has 0 aliphatic carbocycles. The lowest BCUT2D eigenvalue weighted by atomic mass is 9.96. The number of carbonyl (C=O) groups excluding carboxylic acids is 2. The summed E-state index contributed by atoms with van der Waals surface area (Å²) in [4.78, 5) is 26.1. The molecule has 1 saturated heterocycles. The van der Waals surface area contributed by atoms with Gasteiger partial charge in [0.25, 0.3) is 0 Å². The van der Waals surface area contributed by atoms with Gasteiger partial charge >= 0.3 is 11.8 Å².